The van der Waals surface area contributed by atoms with Crippen molar-refractivity contribution in [3.8, 4) is 0 Å². The molecule has 1 aliphatic heterocycles. The van der Waals surface area contributed by atoms with Gasteiger partial charge in [0.25, 0.3) is 0 Å². The van der Waals surface area contributed by atoms with Crippen LogP contribution >= 0.6 is 24.0 Å². The number of piperidine rings is 1. The minimum Gasteiger partial charge on any atom is -0.274 e. The van der Waals surface area contributed by atoms with Crippen LogP contribution in [0, 0.1) is 16.7 Å². The van der Waals surface area contributed by atoms with Gasteiger partial charge in [-0.3, -0.25) is 19.9 Å². The largest absolute Gasteiger partial charge is 0.274 e. The molecule has 1 saturated carbocycles. The van der Waals surface area contributed by atoms with E-state index in [0.29, 0.717) is 4.32 Å². The van der Waals surface area contributed by atoms with E-state index < -0.39 is 5.41 Å². The van der Waals surface area contributed by atoms with Crippen molar-refractivity contribution in [3.05, 3.63) is 42.0 Å². The minimum atomic E-state index is -0.488. The first-order valence-electron chi connectivity index (χ1n) is 9.73. The molecule has 1 saturated heterocycles. The van der Waals surface area contributed by atoms with Crippen molar-refractivity contribution in [2.45, 2.75) is 40.5 Å². The standard InChI is InChI=1S/C22H27N3O2S2/c1-15(10-11-16-8-6-5-7-9-16)23-24-20(28)29-14-25-18(26)17-12-13-22(4,19(25)27)21(17,2)3/h5-11,17H,12-14H2,1-4H3,(H,24,28)/b11-10-,23-15-/t17-,22+/m1/s1. The molecule has 29 heavy (non-hydrogen) atoms. The molecule has 5 nitrogen and oxygen atoms in total. The summed E-state index contributed by atoms with van der Waals surface area (Å²) in [4.78, 5) is 27.2. The predicted octanol–water partition coefficient (Wildman–Crippen LogP) is 4.45. The van der Waals surface area contributed by atoms with E-state index >= 15 is 0 Å². The molecule has 1 aliphatic carbocycles. The molecule has 1 N–H and O–H groups in total. The first-order valence-corrected chi connectivity index (χ1v) is 11.1. The molecule has 1 heterocycles. The van der Waals surface area contributed by atoms with E-state index in [4.69, 9.17) is 12.2 Å². The lowest BCUT2D eigenvalue weighted by Gasteiger charge is -2.47. The Bertz CT molecular complexity index is 879. The number of likely N-dealkylation sites (tertiary alicyclic amines) is 1. The lowest BCUT2D eigenvalue weighted by Crippen LogP contribution is -2.58. The fourth-order valence-electron chi connectivity index (χ4n) is 4.13. The molecule has 2 amide bonds. The number of carbonyl (C=O) groups excluding carboxylic acids is 2. The molecule has 2 atom stereocenters. The Morgan fingerprint density at radius 1 is 1.31 bits per heavy atom. The van der Waals surface area contributed by atoms with Crippen LogP contribution in [-0.4, -0.2) is 32.6 Å². The minimum absolute atomic E-state index is 0.0734. The number of hydrazone groups is 1. The van der Waals surface area contributed by atoms with Gasteiger partial charge in [0.1, 0.15) is 0 Å². The summed E-state index contributed by atoms with van der Waals surface area (Å²) in [7, 11) is 0. The van der Waals surface area contributed by atoms with Crippen molar-refractivity contribution in [1.82, 2.24) is 10.3 Å². The van der Waals surface area contributed by atoms with Gasteiger partial charge in [0.2, 0.25) is 11.8 Å². The Balaban J connectivity index is 1.55. The smallest absolute Gasteiger partial charge is 0.236 e. The fraction of sp³-hybridized carbons (Fsp3) is 0.455. The maximum Gasteiger partial charge on any atom is 0.236 e. The summed E-state index contributed by atoms with van der Waals surface area (Å²) in [5.74, 6) is -0.0337. The summed E-state index contributed by atoms with van der Waals surface area (Å²) < 4.78 is 0.431. The Labute approximate surface area is 182 Å². The van der Waals surface area contributed by atoms with Gasteiger partial charge < -0.3 is 0 Å². The van der Waals surface area contributed by atoms with Crippen molar-refractivity contribution >= 4 is 51.9 Å². The van der Waals surface area contributed by atoms with Gasteiger partial charge in [0.15, 0.2) is 4.32 Å². The number of hydrogen-bond acceptors (Lipinski definition) is 5. The van der Waals surface area contributed by atoms with Gasteiger partial charge in [0, 0.05) is 5.92 Å². The average Bonchev–Trinajstić information content (AvgIpc) is 2.89. The molecule has 7 heteroatoms. The average molecular weight is 430 g/mol. The molecule has 1 aromatic rings. The van der Waals surface area contributed by atoms with E-state index in [1.807, 2.05) is 70.2 Å². The number of allylic oxidation sites excluding steroid dienone is 1. The van der Waals surface area contributed by atoms with Crippen molar-refractivity contribution in [3.63, 3.8) is 0 Å². The molecule has 2 fully saturated rings. The number of thiocarbonyl (C=S) groups is 1. The van der Waals surface area contributed by atoms with Gasteiger partial charge >= 0.3 is 0 Å². The Morgan fingerprint density at radius 2 is 2.00 bits per heavy atom. The van der Waals surface area contributed by atoms with Crippen LogP contribution in [-0.2, 0) is 9.59 Å². The summed E-state index contributed by atoms with van der Waals surface area (Å²) >= 11 is 6.57. The van der Waals surface area contributed by atoms with E-state index in [9.17, 15) is 9.59 Å². The Kier molecular flexibility index (Phi) is 6.29. The third-order valence-corrected chi connectivity index (χ3v) is 7.66. The highest BCUT2D eigenvalue weighted by Gasteiger charge is 2.64. The summed E-state index contributed by atoms with van der Waals surface area (Å²) in [6, 6.07) is 9.96. The van der Waals surface area contributed by atoms with E-state index in [1.165, 1.54) is 16.7 Å². The number of thioether (sulfide) groups is 1. The molecule has 3 rings (SSSR count). The van der Waals surface area contributed by atoms with Crippen LogP contribution in [0.3, 0.4) is 0 Å². The number of rotatable bonds is 5. The monoisotopic (exact) mass is 429 g/mol. The molecule has 2 bridgehead atoms. The van der Waals surface area contributed by atoms with Gasteiger partial charge in [-0.25, -0.2) is 0 Å². The van der Waals surface area contributed by atoms with Crippen LogP contribution in [0.5, 0.6) is 0 Å². The number of fused-ring (bicyclic) bond motifs is 2. The topological polar surface area (TPSA) is 61.8 Å². The molecule has 0 unspecified atom stereocenters. The zero-order valence-electron chi connectivity index (χ0n) is 17.3. The zero-order valence-corrected chi connectivity index (χ0v) is 18.9. The summed E-state index contributed by atoms with van der Waals surface area (Å²) in [6.07, 6.45) is 5.40. The van der Waals surface area contributed by atoms with Crippen molar-refractivity contribution in [1.29, 1.82) is 0 Å². The van der Waals surface area contributed by atoms with Crippen LogP contribution in [0.1, 0.15) is 46.1 Å². The zero-order chi connectivity index (χ0) is 21.2. The van der Waals surface area contributed by atoms with Crippen LogP contribution in [0.15, 0.2) is 41.5 Å². The molecular weight excluding hydrogens is 402 g/mol. The molecule has 1 aromatic carbocycles. The Hall–Kier alpha value is -1.99. The molecule has 0 radical (unpaired) electrons. The van der Waals surface area contributed by atoms with Crippen molar-refractivity contribution < 1.29 is 9.59 Å². The van der Waals surface area contributed by atoms with Gasteiger partial charge in [-0.05, 0) is 36.8 Å². The second kappa shape index (κ2) is 8.40. The highest BCUT2D eigenvalue weighted by atomic mass is 32.2. The number of benzene rings is 1. The van der Waals surface area contributed by atoms with E-state index in [0.717, 1.165) is 24.1 Å². The quantitative estimate of drug-likeness (QED) is 0.324. The third-order valence-electron chi connectivity index (χ3n) is 6.47. The van der Waals surface area contributed by atoms with Crippen LogP contribution in [0.25, 0.3) is 6.08 Å². The predicted molar refractivity (Wildman–Crippen MR) is 123 cm³/mol. The number of imide groups is 1. The molecule has 154 valence electrons. The molecule has 0 spiro atoms. The first kappa shape index (κ1) is 21.7. The SMILES string of the molecule is CC(/C=C\c1ccccc1)=N/NC(=S)SCN1C(=O)[C@H]2CC[C@@](C)(C1=O)C2(C)C. The van der Waals surface area contributed by atoms with E-state index in [-0.39, 0.29) is 29.0 Å². The molecular formula is C22H27N3O2S2. The summed E-state index contributed by atoms with van der Waals surface area (Å²) in [5.41, 5.74) is 3.91. The lowest BCUT2D eigenvalue weighted by molar-refractivity contribution is -0.166. The van der Waals surface area contributed by atoms with Crippen molar-refractivity contribution in [2.75, 3.05) is 5.88 Å². The van der Waals surface area contributed by atoms with Gasteiger partial charge in [0.05, 0.1) is 17.0 Å². The second-order valence-corrected chi connectivity index (χ2v) is 10.0. The summed E-state index contributed by atoms with van der Waals surface area (Å²) in [6.45, 7) is 7.94. The number of nitrogens with one attached hydrogen (secondary N) is 1. The number of hydrogen-bond donors (Lipinski definition) is 1. The highest BCUT2D eigenvalue weighted by Crippen LogP contribution is 2.60. The maximum atomic E-state index is 13.0. The van der Waals surface area contributed by atoms with Crippen molar-refractivity contribution in [2.24, 2.45) is 21.8 Å². The van der Waals surface area contributed by atoms with E-state index in [2.05, 4.69) is 10.5 Å². The molecule has 2 aliphatic rings. The highest BCUT2D eigenvalue weighted by molar-refractivity contribution is 8.22. The van der Waals surface area contributed by atoms with E-state index in [1.54, 1.807) is 0 Å². The number of nitrogens with zero attached hydrogens (tertiary/aromatic N) is 2. The number of amides is 2. The van der Waals surface area contributed by atoms with Gasteiger partial charge in [-0.2, -0.15) is 5.10 Å². The summed E-state index contributed by atoms with van der Waals surface area (Å²) in [5, 5.41) is 4.25. The maximum absolute atomic E-state index is 13.0. The number of carbonyl (C=O) groups is 2. The van der Waals surface area contributed by atoms with Crippen LogP contribution in [0.2, 0.25) is 0 Å². The first-order chi connectivity index (χ1) is 13.7. The van der Waals surface area contributed by atoms with Gasteiger partial charge in [-0.1, -0.05) is 81.2 Å². The van der Waals surface area contributed by atoms with Crippen LogP contribution in [0.4, 0.5) is 0 Å². The second-order valence-electron chi connectivity index (χ2n) is 8.39. The van der Waals surface area contributed by atoms with Crippen LogP contribution < -0.4 is 5.43 Å². The normalized spacial score (nSPS) is 26.3. The third kappa shape index (κ3) is 4.16. The lowest BCUT2D eigenvalue weighted by atomic mass is 9.62. The Morgan fingerprint density at radius 3 is 2.69 bits per heavy atom. The fourth-order valence-corrected chi connectivity index (χ4v) is 4.94. The molecule has 0 aromatic heterocycles. The van der Waals surface area contributed by atoms with Gasteiger partial charge in [-0.15, -0.1) is 0 Å².